The van der Waals surface area contributed by atoms with E-state index < -0.39 is 5.82 Å². The Bertz CT molecular complexity index is 879. The van der Waals surface area contributed by atoms with Crippen LogP contribution in [0.3, 0.4) is 0 Å². The van der Waals surface area contributed by atoms with Crippen molar-refractivity contribution >= 4 is 45.8 Å². The van der Waals surface area contributed by atoms with Crippen LogP contribution in [0.15, 0.2) is 59.0 Å². The van der Waals surface area contributed by atoms with Gasteiger partial charge >= 0.3 is 0 Å². The number of carbonyl (C=O) groups is 1. The molecule has 1 aromatic heterocycles. The molecule has 116 valence electrons. The lowest BCUT2D eigenvalue weighted by molar-refractivity contribution is 0.0997. The Morgan fingerprint density at radius 1 is 1.13 bits per heavy atom. The highest BCUT2D eigenvalue weighted by Gasteiger charge is 2.13. The number of anilines is 1. The second-order valence-corrected chi connectivity index (χ2v) is 6.41. The highest BCUT2D eigenvalue weighted by molar-refractivity contribution is 14.1. The van der Waals surface area contributed by atoms with E-state index in [0.717, 1.165) is 3.57 Å². The number of carbonyl (C=O) groups excluding carboxylic acids is 1. The number of amides is 1. The summed E-state index contributed by atoms with van der Waals surface area (Å²) < 4.78 is 19.7. The third kappa shape index (κ3) is 3.73. The van der Waals surface area contributed by atoms with Crippen LogP contribution in [0.1, 0.15) is 10.6 Å². The maximum Gasteiger partial charge on any atom is 0.291 e. The van der Waals surface area contributed by atoms with Gasteiger partial charge in [-0.15, -0.1) is 0 Å². The Hall–Kier alpha value is -1.86. The Balaban J connectivity index is 1.81. The molecule has 0 radical (unpaired) electrons. The highest BCUT2D eigenvalue weighted by Crippen LogP contribution is 2.27. The third-order valence-electron chi connectivity index (χ3n) is 3.12. The summed E-state index contributed by atoms with van der Waals surface area (Å²) in [5.74, 6) is -0.246. The van der Waals surface area contributed by atoms with Gasteiger partial charge in [-0.25, -0.2) is 4.39 Å². The number of nitrogens with one attached hydrogen (secondary N) is 1. The molecule has 0 aliphatic heterocycles. The minimum Gasteiger partial charge on any atom is -0.451 e. The fourth-order valence-electron chi connectivity index (χ4n) is 2.02. The van der Waals surface area contributed by atoms with Crippen molar-refractivity contribution in [2.75, 3.05) is 5.32 Å². The molecular formula is C17H10ClFINO2. The molecule has 2 aromatic carbocycles. The zero-order valence-corrected chi connectivity index (χ0v) is 14.6. The lowest BCUT2D eigenvalue weighted by Gasteiger charge is -2.03. The number of hydrogen-bond acceptors (Lipinski definition) is 2. The molecule has 23 heavy (non-hydrogen) atoms. The Morgan fingerprint density at radius 2 is 1.96 bits per heavy atom. The molecule has 0 fully saturated rings. The van der Waals surface area contributed by atoms with Crippen LogP contribution in [-0.4, -0.2) is 5.91 Å². The van der Waals surface area contributed by atoms with Crippen molar-refractivity contribution in [3.05, 3.63) is 74.8 Å². The first-order chi connectivity index (χ1) is 11.0. The van der Waals surface area contributed by atoms with E-state index >= 15 is 0 Å². The van der Waals surface area contributed by atoms with Crippen molar-refractivity contribution < 1.29 is 13.6 Å². The van der Waals surface area contributed by atoms with Crippen LogP contribution in [0.5, 0.6) is 0 Å². The van der Waals surface area contributed by atoms with Crippen molar-refractivity contribution in [3.8, 4) is 11.3 Å². The molecule has 0 aliphatic carbocycles. The Morgan fingerprint density at radius 3 is 2.70 bits per heavy atom. The van der Waals surface area contributed by atoms with E-state index in [1.54, 1.807) is 24.3 Å². The van der Waals surface area contributed by atoms with Crippen molar-refractivity contribution in [3.63, 3.8) is 0 Å². The Labute approximate surface area is 150 Å². The van der Waals surface area contributed by atoms with Crippen LogP contribution >= 0.6 is 34.2 Å². The first-order valence-electron chi connectivity index (χ1n) is 6.65. The van der Waals surface area contributed by atoms with Crippen molar-refractivity contribution in [2.45, 2.75) is 0 Å². The maximum absolute atomic E-state index is 13.2. The molecule has 1 N–H and O–H groups in total. The van der Waals surface area contributed by atoms with E-state index in [0.29, 0.717) is 17.0 Å². The summed E-state index contributed by atoms with van der Waals surface area (Å²) in [7, 11) is 0. The normalized spacial score (nSPS) is 10.6. The summed E-state index contributed by atoms with van der Waals surface area (Å²) in [4.78, 5) is 12.2. The average molecular weight is 442 g/mol. The van der Waals surface area contributed by atoms with Crippen LogP contribution in [0.25, 0.3) is 11.3 Å². The maximum atomic E-state index is 13.2. The van der Waals surface area contributed by atoms with Gasteiger partial charge in [0.25, 0.3) is 5.91 Å². The number of benzene rings is 2. The summed E-state index contributed by atoms with van der Waals surface area (Å²) in [6.07, 6.45) is 0. The summed E-state index contributed by atoms with van der Waals surface area (Å²) in [6.45, 7) is 0. The molecule has 0 unspecified atom stereocenters. The van der Waals surface area contributed by atoms with Gasteiger partial charge in [0, 0.05) is 14.8 Å². The van der Waals surface area contributed by atoms with Crippen LogP contribution in [-0.2, 0) is 0 Å². The van der Waals surface area contributed by atoms with E-state index in [2.05, 4.69) is 27.9 Å². The van der Waals surface area contributed by atoms with E-state index in [-0.39, 0.29) is 16.7 Å². The third-order valence-corrected chi connectivity index (χ3v) is 4.08. The summed E-state index contributed by atoms with van der Waals surface area (Å²) in [6, 6.07) is 14.9. The quantitative estimate of drug-likeness (QED) is 0.538. The van der Waals surface area contributed by atoms with Crippen LogP contribution in [0, 0.1) is 9.39 Å². The largest absolute Gasteiger partial charge is 0.451 e. The predicted octanol–water partition coefficient (Wildman–Crippen LogP) is 5.60. The fraction of sp³-hybridized carbons (Fsp3) is 0. The molecule has 0 atom stereocenters. The SMILES string of the molecule is O=C(Nc1cccc(I)c1)c1ccc(-c2ccc(F)c(Cl)c2)o1. The first-order valence-corrected chi connectivity index (χ1v) is 8.11. The monoisotopic (exact) mass is 441 g/mol. The molecule has 6 heteroatoms. The second-order valence-electron chi connectivity index (χ2n) is 4.76. The molecule has 0 saturated heterocycles. The van der Waals surface area contributed by atoms with E-state index in [9.17, 15) is 9.18 Å². The van der Waals surface area contributed by atoms with Crippen molar-refractivity contribution in [1.82, 2.24) is 0 Å². The Kier molecular flexibility index (Phi) is 4.68. The van der Waals surface area contributed by atoms with Crippen LogP contribution in [0.4, 0.5) is 10.1 Å². The number of hydrogen-bond donors (Lipinski definition) is 1. The molecule has 0 saturated carbocycles. The summed E-state index contributed by atoms with van der Waals surface area (Å²) >= 11 is 7.93. The zero-order valence-electron chi connectivity index (χ0n) is 11.6. The van der Waals surface area contributed by atoms with Gasteiger partial charge in [0.1, 0.15) is 11.6 Å². The van der Waals surface area contributed by atoms with Gasteiger partial charge in [-0.1, -0.05) is 17.7 Å². The highest BCUT2D eigenvalue weighted by atomic mass is 127. The lowest BCUT2D eigenvalue weighted by Crippen LogP contribution is -2.10. The minimum absolute atomic E-state index is 0.00348. The van der Waals surface area contributed by atoms with Gasteiger partial charge in [0.2, 0.25) is 0 Å². The van der Waals surface area contributed by atoms with Crippen molar-refractivity contribution in [2.24, 2.45) is 0 Å². The molecule has 3 nitrogen and oxygen atoms in total. The van der Waals surface area contributed by atoms with Gasteiger partial charge in [0.15, 0.2) is 5.76 Å². The molecule has 1 amide bonds. The molecule has 0 aliphatic rings. The van der Waals surface area contributed by atoms with Gasteiger partial charge in [0.05, 0.1) is 5.02 Å². The molecule has 0 bridgehead atoms. The topological polar surface area (TPSA) is 42.2 Å². The van der Waals surface area contributed by atoms with Crippen molar-refractivity contribution in [1.29, 1.82) is 0 Å². The van der Waals surface area contributed by atoms with Crippen LogP contribution in [0.2, 0.25) is 5.02 Å². The smallest absolute Gasteiger partial charge is 0.291 e. The molecule has 3 aromatic rings. The predicted molar refractivity (Wildman–Crippen MR) is 96.2 cm³/mol. The molecule has 3 rings (SSSR count). The molecular weight excluding hydrogens is 432 g/mol. The number of rotatable bonds is 3. The lowest BCUT2D eigenvalue weighted by atomic mass is 10.2. The average Bonchev–Trinajstić information content (AvgIpc) is 3.00. The standard InChI is InChI=1S/C17H10ClFINO2/c18-13-8-10(4-5-14(13)19)15-6-7-16(23-15)17(22)21-12-3-1-2-11(20)9-12/h1-9H,(H,21,22). The first kappa shape index (κ1) is 16.0. The number of halogens is 3. The fourth-order valence-corrected chi connectivity index (χ4v) is 2.75. The summed E-state index contributed by atoms with van der Waals surface area (Å²) in [5, 5.41) is 2.76. The summed E-state index contributed by atoms with van der Waals surface area (Å²) in [5.41, 5.74) is 1.29. The van der Waals surface area contributed by atoms with E-state index in [1.807, 2.05) is 18.2 Å². The van der Waals surface area contributed by atoms with Gasteiger partial charge in [-0.3, -0.25) is 4.79 Å². The van der Waals surface area contributed by atoms with Crippen LogP contribution < -0.4 is 5.32 Å². The number of furan rings is 1. The van der Waals surface area contributed by atoms with Gasteiger partial charge in [-0.05, 0) is 71.1 Å². The molecule has 0 spiro atoms. The zero-order chi connectivity index (χ0) is 16.4. The van der Waals surface area contributed by atoms with E-state index in [1.165, 1.54) is 12.1 Å². The van der Waals surface area contributed by atoms with E-state index in [4.69, 9.17) is 16.0 Å². The molecule has 1 heterocycles. The second kappa shape index (κ2) is 6.72. The minimum atomic E-state index is -0.501. The van der Waals surface area contributed by atoms with Gasteiger partial charge in [-0.2, -0.15) is 0 Å². The van der Waals surface area contributed by atoms with Gasteiger partial charge < -0.3 is 9.73 Å².